The zero-order chi connectivity index (χ0) is 11.5. The van der Waals surface area contributed by atoms with Crippen LogP contribution in [-0.4, -0.2) is 32.8 Å². The Morgan fingerprint density at radius 2 is 2.44 bits per heavy atom. The zero-order valence-corrected chi connectivity index (χ0v) is 9.60. The number of carbonyl (C=O) groups is 1. The van der Waals surface area contributed by atoms with Crippen LogP contribution < -0.4 is 10.6 Å². The van der Waals surface area contributed by atoms with Crippen molar-refractivity contribution in [2.75, 3.05) is 0 Å². The lowest BCUT2D eigenvalue weighted by molar-refractivity contribution is -0.122. The van der Waals surface area contributed by atoms with E-state index in [0.717, 1.165) is 12.8 Å². The quantitative estimate of drug-likeness (QED) is 0.710. The van der Waals surface area contributed by atoms with Crippen LogP contribution in [0.3, 0.4) is 0 Å². The minimum absolute atomic E-state index is 0.0541. The van der Waals surface area contributed by atoms with E-state index in [9.17, 15) is 4.79 Å². The molecule has 6 nitrogen and oxygen atoms in total. The summed E-state index contributed by atoms with van der Waals surface area (Å²) in [4.78, 5) is 15.7. The van der Waals surface area contributed by atoms with Crippen molar-refractivity contribution in [1.29, 1.82) is 0 Å². The molecule has 0 spiro atoms. The van der Waals surface area contributed by atoms with Gasteiger partial charge in [0.25, 0.3) is 0 Å². The summed E-state index contributed by atoms with van der Waals surface area (Å²) in [5, 5.41) is 10.2. The molecular weight excluding hydrogens is 206 g/mol. The number of hydrogen-bond acceptors (Lipinski definition) is 4. The Bertz CT molecular complexity index is 371. The smallest absolute Gasteiger partial charge is 0.237 e. The van der Waals surface area contributed by atoms with Crippen molar-refractivity contribution < 1.29 is 4.79 Å². The van der Waals surface area contributed by atoms with E-state index in [1.807, 2.05) is 14.0 Å². The van der Waals surface area contributed by atoms with E-state index in [4.69, 9.17) is 0 Å². The number of amides is 1. The third-order valence-corrected chi connectivity index (χ3v) is 2.53. The first-order valence-corrected chi connectivity index (χ1v) is 5.53. The lowest BCUT2D eigenvalue weighted by Gasteiger charge is -2.12. The number of nitrogens with one attached hydrogen (secondary N) is 2. The van der Waals surface area contributed by atoms with E-state index in [2.05, 4.69) is 20.7 Å². The Morgan fingerprint density at radius 3 is 3.00 bits per heavy atom. The average Bonchev–Trinajstić information content (AvgIpc) is 2.96. The molecule has 1 atom stereocenters. The number of nitrogens with zero attached hydrogens (tertiary/aromatic N) is 3. The maximum atomic E-state index is 11.6. The Labute approximate surface area is 94.4 Å². The summed E-state index contributed by atoms with van der Waals surface area (Å²) in [6.07, 6.45) is 3.87. The molecule has 1 aliphatic carbocycles. The van der Waals surface area contributed by atoms with Crippen LogP contribution in [0, 0.1) is 0 Å². The second-order valence-corrected chi connectivity index (χ2v) is 4.22. The van der Waals surface area contributed by atoms with E-state index in [-0.39, 0.29) is 11.9 Å². The second-order valence-electron chi connectivity index (χ2n) is 4.22. The van der Waals surface area contributed by atoms with Gasteiger partial charge in [-0.3, -0.25) is 14.8 Å². The van der Waals surface area contributed by atoms with Crippen LogP contribution in [0.2, 0.25) is 0 Å². The standard InChI is InChI=1S/C10H17N5O/c1-7(10(16)13-8-3-4-8)11-5-9-12-6-15(2)14-9/h6-8,11H,3-5H2,1-2H3,(H,13,16). The Morgan fingerprint density at radius 1 is 1.69 bits per heavy atom. The van der Waals surface area contributed by atoms with Crippen molar-refractivity contribution >= 4 is 5.91 Å². The van der Waals surface area contributed by atoms with Crippen LogP contribution in [0.1, 0.15) is 25.6 Å². The predicted octanol–water partition coefficient (Wildman–Crippen LogP) is -0.428. The van der Waals surface area contributed by atoms with Crippen molar-refractivity contribution in [2.45, 2.75) is 38.4 Å². The fourth-order valence-corrected chi connectivity index (χ4v) is 1.36. The fraction of sp³-hybridized carbons (Fsp3) is 0.700. The third kappa shape index (κ3) is 3.03. The molecule has 1 unspecified atom stereocenters. The SMILES string of the molecule is CC(NCc1ncn(C)n1)C(=O)NC1CC1. The summed E-state index contributed by atoms with van der Waals surface area (Å²) in [5.74, 6) is 0.756. The largest absolute Gasteiger partial charge is 0.352 e. The molecule has 1 heterocycles. The Balaban J connectivity index is 1.73. The first-order chi connectivity index (χ1) is 7.65. The molecule has 1 aliphatic rings. The van der Waals surface area contributed by atoms with Gasteiger partial charge in [0.1, 0.15) is 6.33 Å². The molecule has 1 saturated carbocycles. The van der Waals surface area contributed by atoms with Gasteiger partial charge in [-0.15, -0.1) is 0 Å². The Hall–Kier alpha value is -1.43. The van der Waals surface area contributed by atoms with Crippen molar-refractivity contribution in [2.24, 2.45) is 7.05 Å². The monoisotopic (exact) mass is 223 g/mol. The van der Waals surface area contributed by atoms with E-state index >= 15 is 0 Å². The highest BCUT2D eigenvalue weighted by Gasteiger charge is 2.25. The summed E-state index contributed by atoms with van der Waals surface area (Å²) in [5.41, 5.74) is 0. The highest BCUT2D eigenvalue weighted by molar-refractivity contribution is 5.81. The molecule has 0 aromatic carbocycles. The van der Waals surface area contributed by atoms with Crippen molar-refractivity contribution in [3.05, 3.63) is 12.2 Å². The van der Waals surface area contributed by atoms with Gasteiger partial charge in [0.2, 0.25) is 5.91 Å². The van der Waals surface area contributed by atoms with Crippen LogP contribution in [0.4, 0.5) is 0 Å². The maximum Gasteiger partial charge on any atom is 0.237 e. The van der Waals surface area contributed by atoms with Gasteiger partial charge >= 0.3 is 0 Å². The highest BCUT2D eigenvalue weighted by atomic mass is 16.2. The molecule has 0 radical (unpaired) electrons. The third-order valence-electron chi connectivity index (χ3n) is 2.53. The van der Waals surface area contributed by atoms with Crippen LogP contribution in [-0.2, 0) is 18.4 Å². The van der Waals surface area contributed by atoms with Gasteiger partial charge in [0, 0.05) is 13.1 Å². The van der Waals surface area contributed by atoms with Crippen molar-refractivity contribution in [3.8, 4) is 0 Å². The van der Waals surface area contributed by atoms with Crippen LogP contribution in [0.25, 0.3) is 0 Å². The van der Waals surface area contributed by atoms with Gasteiger partial charge in [-0.2, -0.15) is 5.10 Å². The number of rotatable bonds is 5. The van der Waals surface area contributed by atoms with Gasteiger partial charge < -0.3 is 5.32 Å². The lowest BCUT2D eigenvalue weighted by Crippen LogP contribution is -2.42. The van der Waals surface area contributed by atoms with Gasteiger partial charge in [-0.25, -0.2) is 4.98 Å². The molecule has 0 bridgehead atoms. The molecule has 1 aromatic heterocycles. The van der Waals surface area contributed by atoms with E-state index in [0.29, 0.717) is 18.4 Å². The average molecular weight is 223 g/mol. The molecule has 1 amide bonds. The predicted molar refractivity (Wildman–Crippen MR) is 58.5 cm³/mol. The van der Waals surface area contributed by atoms with Gasteiger partial charge in [-0.05, 0) is 19.8 Å². The Kier molecular flexibility index (Phi) is 3.19. The first-order valence-electron chi connectivity index (χ1n) is 5.53. The minimum atomic E-state index is -0.204. The van der Waals surface area contributed by atoms with Crippen LogP contribution in [0.15, 0.2) is 6.33 Å². The molecule has 2 N–H and O–H groups in total. The summed E-state index contributed by atoms with van der Waals surface area (Å²) < 4.78 is 1.64. The number of aryl methyl sites for hydroxylation is 1. The molecular formula is C10H17N5O. The van der Waals surface area contributed by atoms with E-state index in [1.165, 1.54) is 0 Å². The van der Waals surface area contributed by atoms with Crippen molar-refractivity contribution in [1.82, 2.24) is 25.4 Å². The zero-order valence-electron chi connectivity index (χ0n) is 9.60. The maximum absolute atomic E-state index is 11.6. The van der Waals surface area contributed by atoms with Gasteiger partial charge in [0.15, 0.2) is 5.82 Å². The summed E-state index contributed by atoms with van der Waals surface area (Å²) >= 11 is 0. The van der Waals surface area contributed by atoms with E-state index in [1.54, 1.807) is 11.0 Å². The molecule has 16 heavy (non-hydrogen) atoms. The molecule has 2 rings (SSSR count). The fourth-order valence-electron chi connectivity index (χ4n) is 1.36. The number of hydrogen-bond donors (Lipinski definition) is 2. The molecule has 1 aromatic rings. The molecule has 0 aliphatic heterocycles. The molecule has 0 saturated heterocycles. The van der Waals surface area contributed by atoms with Gasteiger partial charge in [0.05, 0.1) is 12.6 Å². The molecule has 1 fully saturated rings. The minimum Gasteiger partial charge on any atom is -0.352 e. The number of aromatic nitrogens is 3. The van der Waals surface area contributed by atoms with E-state index < -0.39 is 0 Å². The van der Waals surface area contributed by atoms with Crippen LogP contribution in [0.5, 0.6) is 0 Å². The summed E-state index contributed by atoms with van der Waals surface area (Å²) in [6, 6.07) is 0.203. The van der Waals surface area contributed by atoms with Crippen molar-refractivity contribution in [3.63, 3.8) is 0 Å². The lowest BCUT2D eigenvalue weighted by atomic mass is 10.3. The summed E-state index contributed by atoms with van der Waals surface area (Å²) in [6.45, 7) is 2.36. The van der Waals surface area contributed by atoms with Gasteiger partial charge in [-0.1, -0.05) is 0 Å². The summed E-state index contributed by atoms with van der Waals surface area (Å²) in [7, 11) is 1.82. The highest BCUT2D eigenvalue weighted by Crippen LogP contribution is 2.18. The van der Waals surface area contributed by atoms with Crippen LogP contribution >= 0.6 is 0 Å². The first kappa shape index (κ1) is 11.1. The molecule has 6 heteroatoms. The normalized spacial score (nSPS) is 17.1. The topological polar surface area (TPSA) is 71.8 Å². The second kappa shape index (κ2) is 4.61. The number of carbonyl (C=O) groups excluding carboxylic acids is 1. The molecule has 88 valence electrons.